The van der Waals surface area contributed by atoms with Gasteiger partial charge in [-0.1, -0.05) is 81.8 Å². The first-order valence-electron chi connectivity index (χ1n) is 25.4. The number of carbonyl (C=O) groups excluding carboxylic acids is 7. The SMILES string of the molecule is Cc1ncsc1-c1ccc(CNC(=O)[C@@H]2C[C@@H](O)CN2C(=O)[C@@H](NC(=O)CCCCC/C=C\COC[C@H](CCC(N)=O)NC(=O)[C@@H]2Cc3cccc4c3N2C(=O)[C@@H](NC(=O)OC(C)(C)C)CC4)C(C)(C)C)cc1. The Hall–Kier alpha value is -6.18. The molecule has 2 aromatic carbocycles. The van der Waals surface area contributed by atoms with Gasteiger partial charge in [-0.2, -0.15) is 0 Å². The zero-order valence-electron chi connectivity index (χ0n) is 43.3. The van der Waals surface area contributed by atoms with E-state index in [-0.39, 0.29) is 70.2 Å². The Labute approximate surface area is 432 Å². The molecule has 0 saturated carbocycles. The van der Waals surface area contributed by atoms with Gasteiger partial charge in [0.15, 0.2) is 0 Å². The molecular formula is C54H74N8O10S. The topological polar surface area (TPSA) is 252 Å². The number of β-amino-alcohol motifs (C(OH)–C–C–N with tert-alkyl or cyclic N) is 1. The Kier molecular flexibility index (Phi) is 19.4. The van der Waals surface area contributed by atoms with Crippen LogP contribution in [0.2, 0.25) is 0 Å². The highest BCUT2D eigenvalue weighted by Gasteiger charge is 2.46. The second kappa shape index (κ2) is 25.2. The summed E-state index contributed by atoms with van der Waals surface area (Å²) in [6.45, 7) is 13.3. The Morgan fingerprint density at radius 1 is 0.932 bits per heavy atom. The quantitative estimate of drug-likeness (QED) is 0.0557. The summed E-state index contributed by atoms with van der Waals surface area (Å²) in [7, 11) is 0. The number of unbranched alkanes of at least 4 members (excludes halogenated alkanes) is 3. The number of ether oxygens (including phenoxy) is 2. The molecule has 0 bridgehead atoms. The van der Waals surface area contributed by atoms with E-state index < -0.39 is 77.1 Å². The van der Waals surface area contributed by atoms with Crippen molar-refractivity contribution in [3.8, 4) is 10.4 Å². The van der Waals surface area contributed by atoms with E-state index in [1.807, 2.05) is 87.8 Å². The Balaban J connectivity index is 0.921. The summed E-state index contributed by atoms with van der Waals surface area (Å²) in [6, 6.07) is 9.44. The number of para-hydroxylation sites is 1. The van der Waals surface area contributed by atoms with Gasteiger partial charge in [-0.25, -0.2) is 9.78 Å². The van der Waals surface area contributed by atoms with E-state index in [2.05, 4.69) is 26.3 Å². The first kappa shape index (κ1) is 56.1. The largest absolute Gasteiger partial charge is 0.444 e. The van der Waals surface area contributed by atoms with Crippen LogP contribution in [0.25, 0.3) is 10.4 Å². The van der Waals surface area contributed by atoms with Gasteiger partial charge in [-0.05, 0) is 93.9 Å². The maximum atomic E-state index is 14.1. The number of allylic oxidation sites excluding steroid dienone is 1. The van der Waals surface area contributed by atoms with Crippen LogP contribution in [0.15, 0.2) is 60.1 Å². The van der Waals surface area contributed by atoms with Gasteiger partial charge in [0.25, 0.3) is 0 Å². The summed E-state index contributed by atoms with van der Waals surface area (Å²) in [6.07, 6.45) is 6.84. The van der Waals surface area contributed by atoms with Crippen molar-refractivity contribution in [2.24, 2.45) is 11.1 Å². The van der Waals surface area contributed by atoms with E-state index >= 15 is 0 Å². The molecule has 1 saturated heterocycles. The monoisotopic (exact) mass is 1030 g/mol. The number of anilines is 1. The van der Waals surface area contributed by atoms with Crippen molar-refractivity contribution in [3.05, 3.63) is 82.5 Å². The van der Waals surface area contributed by atoms with Gasteiger partial charge >= 0.3 is 6.09 Å². The van der Waals surface area contributed by atoms with E-state index in [9.17, 15) is 38.7 Å². The number of aliphatic hydroxyl groups is 1. The van der Waals surface area contributed by atoms with Gasteiger partial charge in [0, 0.05) is 38.8 Å². The maximum Gasteiger partial charge on any atom is 0.408 e. The molecule has 7 amide bonds. The van der Waals surface area contributed by atoms with Gasteiger partial charge < -0.3 is 46.5 Å². The number of aromatic nitrogens is 1. The summed E-state index contributed by atoms with van der Waals surface area (Å²) < 4.78 is 11.3. The van der Waals surface area contributed by atoms with Gasteiger partial charge in [0.05, 0.1) is 47.1 Å². The molecule has 0 aliphatic carbocycles. The number of hydrogen-bond donors (Lipinski definition) is 6. The molecule has 6 atom stereocenters. The fourth-order valence-electron chi connectivity index (χ4n) is 9.44. The summed E-state index contributed by atoms with van der Waals surface area (Å²) in [5.74, 6) is -2.38. The Morgan fingerprint density at radius 2 is 1.67 bits per heavy atom. The van der Waals surface area contributed by atoms with Crippen molar-refractivity contribution in [2.45, 2.75) is 168 Å². The van der Waals surface area contributed by atoms with Crippen molar-refractivity contribution < 1.29 is 48.1 Å². The van der Waals surface area contributed by atoms with Gasteiger partial charge in [0.1, 0.15) is 29.8 Å². The van der Waals surface area contributed by atoms with Crippen LogP contribution in [0, 0.1) is 12.3 Å². The van der Waals surface area contributed by atoms with E-state index in [0.717, 1.165) is 52.1 Å². The lowest BCUT2D eigenvalue weighted by atomic mass is 9.85. The summed E-state index contributed by atoms with van der Waals surface area (Å²) in [4.78, 5) is 102. The number of nitrogens with two attached hydrogens (primary N) is 1. The summed E-state index contributed by atoms with van der Waals surface area (Å²) in [5.41, 5.74) is 11.2. The molecule has 1 fully saturated rings. The van der Waals surface area contributed by atoms with Crippen molar-refractivity contribution in [2.75, 3.05) is 24.7 Å². The van der Waals surface area contributed by atoms with E-state index in [1.54, 1.807) is 32.1 Å². The Morgan fingerprint density at radius 3 is 2.36 bits per heavy atom. The molecule has 0 spiro atoms. The first-order valence-corrected chi connectivity index (χ1v) is 26.3. The number of amides is 7. The molecule has 4 heterocycles. The molecule has 7 N–H and O–H groups in total. The highest BCUT2D eigenvalue weighted by atomic mass is 32.1. The number of hydrogen-bond acceptors (Lipinski definition) is 12. The standard InChI is InChI=1S/C54H74N8O10S/c1-33-46(73-32-57-33)36-20-18-34(19-21-36)29-56-48(66)41-28-39(63)30-61(41)51(69)47(53(2,3)4)60-44(65)17-12-10-8-9-11-13-26-71-31-38(23-25-43(55)64)58-49(67)42-27-37-16-14-15-35-22-24-40(50(68)62(42)45(35)37)59-52(70)72-54(5,6)7/h11,13-16,18-21,32,38-42,47,63H,8-10,12,17,22-31H2,1-7H3,(H2,55,64)(H,56,66)(H,58,67)(H,59,70)(H,60,65)/b13-11-/t38-,39+,40-,41-,42-,47+/m0/s1. The minimum absolute atomic E-state index is 0.00840. The van der Waals surface area contributed by atoms with Crippen LogP contribution < -0.4 is 31.9 Å². The number of carbonyl (C=O) groups is 7. The second-order valence-corrected chi connectivity index (χ2v) is 22.2. The number of likely N-dealkylation sites (tertiary alicyclic amines) is 1. The molecule has 3 aliphatic heterocycles. The Bertz CT molecular complexity index is 2480. The minimum Gasteiger partial charge on any atom is -0.444 e. The number of nitrogens with zero attached hydrogens (tertiary/aromatic N) is 3. The van der Waals surface area contributed by atoms with Crippen LogP contribution >= 0.6 is 11.3 Å². The lowest BCUT2D eigenvalue weighted by Gasteiger charge is -2.35. The average molecular weight is 1030 g/mol. The maximum absolute atomic E-state index is 14.1. The number of thiazole rings is 1. The number of primary amides is 1. The summed E-state index contributed by atoms with van der Waals surface area (Å²) >= 11 is 1.57. The third kappa shape index (κ3) is 15.7. The third-order valence-corrected chi connectivity index (χ3v) is 14.1. The van der Waals surface area contributed by atoms with Gasteiger partial charge in [0.2, 0.25) is 35.4 Å². The van der Waals surface area contributed by atoms with E-state index in [1.165, 1.54) is 9.80 Å². The molecule has 3 aliphatic rings. The fraction of sp³-hybridized carbons (Fsp3) is 0.556. The number of alkyl carbamates (subject to hydrolysis) is 1. The summed E-state index contributed by atoms with van der Waals surface area (Å²) in [5, 5.41) is 22.2. The number of benzene rings is 2. The van der Waals surface area contributed by atoms with Crippen molar-refractivity contribution in [1.82, 2.24) is 31.2 Å². The van der Waals surface area contributed by atoms with Crippen molar-refractivity contribution >= 4 is 58.6 Å². The fourth-order valence-corrected chi connectivity index (χ4v) is 10.2. The number of aryl methyl sites for hydroxylation is 2. The first-order chi connectivity index (χ1) is 34.6. The number of nitrogens with one attached hydrogen (secondary N) is 4. The zero-order chi connectivity index (χ0) is 53.0. The molecule has 73 heavy (non-hydrogen) atoms. The molecule has 0 unspecified atom stereocenters. The lowest BCUT2D eigenvalue weighted by Crippen LogP contribution is -2.57. The number of rotatable bonds is 22. The molecule has 1 aromatic heterocycles. The van der Waals surface area contributed by atoms with Crippen LogP contribution in [-0.2, 0) is 57.6 Å². The van der Waals surface area contributed by atoms with Crippen LogP contribution in [0.4, 0.5) is 10.5 Å². The van der Waals surface area contributed by atoms with E-state index in [4.69, 9.17) is 15.2 Å². The highest BCUT2D eigenvalue weighted by molar-refractivity contribution is 7.13. The molecular weight excluding hydrogens is 953 g/mol. The van der Waals surface area contributed by atoms with Crippen molar-refractivity contribution in [3.63, 3.8) is 0 Å². The highest BCUT2D eigenvalue weighted by Crippen LogP contribution is 2.39. The third-order valence-electron chi connectivity index (χ3n) is 13.2. The van der Waals surface area contributed by atoms with Crippen LogP contribution in [-0.4, -0.2) is 118 Å². The average Bonchev–Trinajstić information content (AvgIpc) is 4.04. The molecule has 0 radical (unpaired) electrons. The molecule has 6 rings (SSSR count). The molecule has 3 aromatic rings. The van der Waals surface area contributed by atoms with Gasteiger partial charge in [-0.3, -0.25) is 33.7 Å². The lowest BCUT2D eigenvalue weighted by molar-refractivity contribution is -0.144. The molecule has 18 nitrogen and oxygen atoms in total. The van der Waals surface area contributed by atoms with Crippen molar-refractivity contribution in [1.29, 1.82) is 0 Å². The molecule has 19 heteroatoms. The van der Waals surface area contributed by atoms with Gasteiger partial charge in [-0.15, -0.1) is 11.3 Å². The predicted octanol–water partition coefficient (Wildman–Crippen LogP) is 5.30. The van der Waals surface area contributed by atoms with Crippen LogP contribution in [0.1, 0.15) is 122 Å². The van der Waals surface area contributed by atoms with E-state index in [0.29, 0.717) is 24.9 Å². The number of aliphatic hydroxyl groups excluding tert-OH is 1. The second-order valence-electron chi connectivity index (χ2n) is 21.4. The predicted molar refractivity (Wildman–Crippen MR) is 278 cm³/mol. The zero-order valence-corrected chi connectivity index (χ0v) is 44.1. The smallest absolute Gasteiger partial charge is 0.408 e. The van der Waals surface area contributed by atoms with Crippen LogP contribution in [0.5, 0.6) is 0 Å². The normalized spacial score (nSPS) is 19.5. The minimum atomic E-state index is -0.913. The van der Waals surface area contributed by atoms with Crippen LogP contribution in [0.3, 0.4) is 0 Å². The molecule has 396 valence electrons.